The lowest BCUT2D eigenvalue weighted by Crippen LogP contribution is -2.35. The Morgan fingerprint density at radius 2 is 2.47 bits per heavy atom. The normalized spacial score (nSPS) is 12.1. The van der Waals surface area contributed by atoms with Crippen LogP contribution in [-0.4, -0.2) is 16.9 Å². The minimum atomic E-state index is -0.294. The van der Waals surface area contributed by atoms with Crippen molar-refractivity contribution >= 4 is 34.7 Å². The van der Waals surface area contributed by atoms with E-state index in [4.69, 9.17) is 34.0 Å². The summed E-state index contributed by atoms with van der Waals surface area (Å²) >= 11 is 10.4. The number of carbonyl (C=O) groups is 1. The van der Waals surface area contributed by atoms with Crippen molar-refractivity contribution in [3.8, 4) is 0 Å². The second-order valence-corrected chi connectivity index (χ2v) is 4.02. The maximum absolute atomic E-state index is 11.6. The summed E-state index contributed by atoms with van der Waals surface area (Å²) < 4.78 is 4.80. The van der Waals surface area contributed by atoms with Gasteiger partial charge in [-0.3, -0.25) is 4.79 Å². The SMILES string of the molecule is CC(CC(N)=S)NC(=O)c1ccoc1Cl. The molecule has 3 N–H and O–H groups in total. The highest BCUT2D eigenvalue weighted by molar-refractivity contribution is 7.80. The van der Waals surface area contributed by atoms with E-state index in [9.17, 15) is 4.79 Å². The molecule has 1 rings (SSSR count). The number of hydrogen-bond acceptors (Lipinski definition) is 3. The molecular formula is C9H11ClN2O2S. The highest BCUT2D eigenvalue weighted by Gasteiger charge is 2.15. The molecule has 0 radical (unpaired) electrons. The molecular weight excluding hydrogens is 236 g/mol. The molecule has 0 aromatic carbocycles. The maximum atomic E-state index is 11.6. The first-order valence-electron chi connectivity index (χ1n) is 4.33. The zero-order valence-corrected chi connectivity index (χ0v) is 9.69. The molecule has 0 aliphatic rings. The topological polar surface area (TPSA) is 68.3 Å². The molecule has 6 heteroatoms. The molecule has 1 amide bonds. The fraction of sp³-hybridized carbons (Fsp3) is 0.333. The van der Waals surface area contributed by atoms with Crippen LogP contribution in [0.2, 0.25) is 5.22 Å². The number of hydrogen-bond donors (Lipinski definition) is 2. The van der Waals surface area contributed by atoms with Gasteiger partial charge in [0.1, 0.15) is 0 Å². The molecule has 0 bridgehead atoms. The van der Waals surface area contributed by atoms with Crippen molar-refractivity contribution in [1.82, 2.24) is 5.32 Å². The van der Waals surface area contributed by atoms with Crippen molar-refractivity contribution in [2.75, 3.05) is 0 Å². The Morgan fingerprint density at radius 3 is 2.93 bits per heavy atom. The summed E-state index contributed by atoms with van der Waals surface area (Å²) in [5.74, 6) is -0.294. The van der Waals surface area contributed by atoms with Crippen molar-refractivity contribution in [3.63, 3.8) is 0 Å². The Kier molecular flexibility index (Phi) is 4.11. The van der Waals surface area contributed by atoms with Crippen molar-refractivity contribution in [1.29, 1.82) is 0 Å². The summed E-state index contributed by atoms with van der Waals surface area (Å²) in [6.07, 6.45) is 1.81. The van der Waals surface area contributed by atoms with Gasteiger partial charge >= 0.3 is 0 Å². The molecule has 0 fully saturated rings. The predicted molar refractivity (Wildman–Crippen MR) is 62.0 cm³/mol. The maximum Gasteiger partial charge on any atom is 0.256 e. The van der Waals surface area contributed by atoms with E-state index >= 15 is 0 Å². The lowest BCUT2D eigenvalue weighted by molar-refractivity contribution is 0.0941. The van der Waals surface area contributed by atoms with Crippen LogP contribution < -0.4 is 11.1 Å². The molecule has 15 heavy (non-hydrogen) atoms. The largest absolute Gasteiger partial charge is 0.452 e. The fourth-order valence-electron chi connectivity index (χ4n) is 1.11. The zero-order chi connectivity index (χ0) is 11.4. The number of nitrogens with two attached hydrogens (primary N) is 1. The first-order chi connectivity index (χ1) is 7.00. The summed E-state index contributed by atoms with van der Waals surface area (Å²) in [5, 5.41) is 2.78. The van der Waals surface area contributed by atoms with Gasteiger partial charge in [-0.1, -0.05) is 12.2 Å². The highest BCUT2D eigenvalue weighted by Crippen LogP contribution is 2.16. The van der Waals surface area contributed by atoms with Crippen LogP contribution in [0.1, 0.15) is 23.7 Å². The van der Waals surface area contributed by atoms with Gasteiger partial charge in [0.25, 0.3) is 5.91 Å². The minimum Gasteiger partial charge on any atom is -0.452 e. The summed E-state index contributed by atoms with van der Waals surface area (Å²) in [4.78, 5) is 11.9. The molecule has 0 aliphatic carbocycles. The smallest absolute Gasteiger partial charge is 0.256 e. The van der Waals surface area contributed by atoms with Crippen molar-refractivity contribution in [2.24, 2.45) is 5.73 Å². The number of rotatable bonds is 4. The second kappa shape index (κ2) is 5.14. The van der Waals surface area contributed by atoms with Crippen LogP contribution in [0.15, 0.2) is 16.7 Å². The Hall–Kier alpha value is -1.07. The van der Waals surface area contributed by atoms with Gasteiger partial charge in [0.15, 0.2) is 0 Å². The molecule has 1 aromatic heterocycles. The van der Waals surface area contributed by atoms with E-state index in [-0.39, 0.29) is 17.2 Å². The Morgan fingerprint density at radius 1 is 1.80 bits per heavy atom. The van der Waals surface area contributed by atoms with Gasteiger partial charge in [-0.25, -0.2) is 0 Å². The average Bonchev–Trinajstić information content (AvgIpc) is 2.49. The summed E-state index contributed by atoms with van der Waals surface area (Å²) in [6.45, 7) is 1.81. The monoisotopic (exact) mass is 246 g/mol. The lowest BCUT2D eigenvalue weighted by atomic mass is 10.2. The van der Waals surface area contributed by atoms with E-state index in [2.05, 4.69) is 5.32 Å². The molecule has 0 saturated heterocycles. The van der Waals surface area contributed by atoms with Crippen LogP contribution in [0.25, 0.3) is 0 Å². The number of nitrogens with one attached hydrogen (secondary N) is 1. The summed E-state index contributed by atoms with van der Waals surface area (Å²) in [6, 6.07) is 1.38. The molecule has 0 spiro atoms. The van der Waals surface area contributed by atoms with Crippen LogP contribution >= 0.6 is 23.8 Å². The Labute approximate surface area is 97.8 Å². The van der Waals surface area contributed by atoms with Crippen molar-refractivity contribution in [2.45, 2.75) is 19.4 Å². The Balaban J connectivity index is 2.56. The van der Waals surface area contributed by atoms with Crippen LogP contribution in [-0.2, 0) is 0 Å². The standard InChI is InChI=1S/C9H11ClN2O2S/c1-5(4-7(11)15)12-9(13)6-2-3-14-8(6)10/h2-3,5H,4H2,1H3,(H2,11,15)(H,12,13). The van der Waals surface area contributed by atoms with E-state index < -0.39 is 0 Å². The van der Waals surface area contributed by atoms with Gasteiger partial charge in [-0.2, -0.15) is 0 Å². The van der Waals surface area contributed by atoms with Crippen molar-refractivity contribution in [3.05, 3.63) is 23.1 Å². The minimum absolute atomic E-state index is 0.0787. The van der Waals surface area contributed by atoms with Gasteiger partial charge in [0.05, 0.1) is 16.8 Å². The van der Waals surface area contributed by atoms with Crippen LogP contribution in [0.5, 0.6) is 0 Å². The zero-order valence-electron chi connectivity index (χ0n) is 8.12. The molecule has 1 unspecified atom stereocenters. The number of amides is 1. The molecule has 1 atom stereocenters. The molecule has 4 nitrogen and oxygen atoms in total. The number of halogens is 1. The first kappa shape index (κ1) is 12.0. The fourth-order valence-corrected chi connectivity index (χ4v) is 1.56. The molecule has 1 aromatic rings. The third-order valence-corrected chi connectivity index (χ3v) is 2.21. The average molecular weight is 247 g/mol. The molecule has 0 saturated carbocycles. The van der Waals surface area contributed by atoms with E-state index in [0.29, 0.717) is 17.0 Å². The quantitative estimate of drug-likeness (QED) is 0.794. The van der Waals surface area contributed by atoms with Gasteiger partial charge < -0.3 is 15.5 Å². The van der Waals surface area contributed by atoms with Gasteiger partial charge in [-0.15, -0.1) is 0 Å². The van der Waals surface area contributed by atoms with E-state index in [1.165, 1.54) is 12.3 Å². The summed E-state index contributed by atoms with van der Waals surface area (Å²) in [5.41, 5.74) is 5.66. The first-order valence-corrected chi connectivity index (χ1v) is 5.11. The lowest BCUT2D eigenvalue weighted by Gasteiger charge is -2.11. The van der Waals surface area contributed by atoms with Gasteiger partial charge in [0.2, 0.25) is 5.22 Å². The van der Waals surface area contributed by atoms with E-state index in [1.54, 1.807) is 0 Å². The highest BCUT2D eigenvalue weighted by atomic mass is 35.5. The third-order valence-electron chi connectivity index (χ3n) is 1.75. The number of thiocarbonyl (C=S) groups is 1. The van der Waals surface area contributed by atoms with E-state index in [0.717, 1.165) is 0 Å². The van der Waals surface area contributed by atoms with Gasteiger partial charge in [0, 0.05) is 12.5 Å². The predicted octanol–water partition coefficient (Wildman–Crippen LogP) is 1.73. The van der Waals surface area contributed by atoms with Crippen molar-refractivity contribution < 1.29 is 9.21 Å². The van der Waals surface area contributed by atoms with Gasteiger partial charge in [-0.05, 0) is 24.6 Å². The molecule has 1 heterocycles. The summed E-state index contributed by atoms with van der Waals surface area (Å²) in [7, 11) is 0. The number of carbonyl (C=O) groups excluding carboxylic acids is 1. The second-order valence-electron chi connectivity index (χ2n) is 3.15. The van der Waals surface area contributed by atoms with E-state index in [1.807, 2.05) is 6.92 Å². The Bertz CT molecular complexity index is 378. The van der Waals surface area contributed by atoms with Crippen LogP contribution in [0.4, 0.5) is 0 Å². The van der Waals surface area contributed by atoms with Crippen LogP contribution in [0.3, 0.4) is 0 Å². The van der Waals surface area contributed by atoms with Crippen LogP contribution in [0, 0.1) is 0 Å². The molecule has 82 valence electrons. The number of furan rings is 1. The third kappa shape index (κ3) is 3.53. The molecule has 0 aliphatic heterocycles.